The van der Waals surface area contributed by atoms with Crippen LogP contribution in [0.1, 0.15) is 10.4 Å². The summed E-state index contributed by atoms with van der Waals surface area (Å²) in [7, 11) is 0. The highest BCUT2D eigenvalue weighted by molar-refractivity contribution is 5.91. The maximum Gasteiger partial charge on any atom is 0.404 e. The first-order valence-corrected chi connectivity index (χ1v) is 9.44. The van der Waals surface area contributed by atoms with Crippen molar-refractivity contribution in [1.29, 1.82) is 0 Å². The Bertz CT molecular complexity index is 1030. The van der Waals surface area contributed by atoms with Crippen LogP contribution in [-0.2, 0) is 0 Å². The quantitative estimate of drug-likeness (QED) is 0.156. The summed E-state index contributed by atoms with van der Waals surface area (Å²) in [5.41, 5.74) is -4.14. The molecular formula is C21H11F13O3. The summed E-state index contributed by atoms with van der Waals surface area (Å²) in [6, 6.07) is 6.22. The van der Waals surface area contributed by atoms with Gasteiger partial charge in [0.2, 0.25) is 0 Å². The van der Waals surface area contributed by atoms with Crippen LogP contribution in [0.3, 0.4) is 0 Å². The van der Waals surface area contributed by atoms with Gasteiger partial charge in [0.05, 0.1) is 5.56 Å². The van der Waals surface area contributed by atoms with E-state index in [9.17, 15) is 61.9 Å². The highest BCUT2D eigenvalue weighted by Gasteiger charge is 2.69. The van der Waals surface area contributed by atoms with Crippen molar-refractivity contribution < 1.29 is 71.3 Å². The molecule has 16 heteroatoms. The summed E-state index contributed by atoms with van der Waals surface area (Å²) in [4.78, 5) is 12.0. The Morgan fingerprint density at radius 1 is 0.568 bits per heavy atom. The Kier molecular flexibility index (Phi) is 8.44. The van der Waals surface area contributed by atoms with Gasteiger partial charge < -0.3 is 9.47 Å². The van der Waals surface area contributed by atoms with Gasteiger partial charge in [0.25, 0.3) is 6.01 Å². The second kappa shape index (κ2) is 10.5. The lowest BCUT2D eigenvalue weighted by molar-refractivity contribution is -0.302. The Morgan fingerprint density at radius 3 is 1.32 bits per heavy atom. The van der Waals surface area contributed by atoms with Crippen molar-refractivity contribution in [1.82, 2.24) is 0 Å². The first-order valence-electron chi connectivity index (χ1n) is 9.44. The van der Waals surface area contributed by atoms with Crippen LogP contribution in [-0.4, -0.2) is 30.7 Å². The maximum atomic E-state index is 14.5. The van der Waals surface area contributed by atoms with Crippen molar-refractivity contribution in [3.63, 3.8) is 0 Å². The van der Waals surface area contributed by atoms with Gasteiger partial charge in [-0.3, -0.25) is 0 Å². The van der Waals surface area contributed by atoms with Crippen molar-refractivity contribution in [3.8, 4) is 11.5 Å². The summed E-state index contributed by atoms with van der Waals surface area (Å²) < 4.78 is 180. The Morgan fingerprint density at radius 2 is 0.946 bits per heavy atom. The van der Waals surface area contributed by atoms with Gasteiger partial charge in [-0.2, -0.15) is 57.1 Å². The van der Waals surface area contributed by atoms with Gasteiger partial charge >= 0.3 is 30.7 Å². The Hall–Kier alpha value is -3.46. The number of benzene rings is 2. The number of para-hydroxylation sites is 1. The van der Waals surface area contributed by atoms with E-state index >= 15 is 0 Å². The molecule has 0 saturated carbocycles. The third-order valence-corrected chi connectivity index (χ3v) is 4.41. The van der Waals surface area contributed by atoms with Crippen molar-refractivity contribution >= 4 is 5.97 Å². The van der Waals surface area contributed by atoms with E-state index in [0.29, 0.717) is 24.3 Å². The monoisotopic (exact) mass is 558 g/mol. The van der Waals surface area contributed by atoms with Crippen LogP contribution in [0.2, 0.25) is 0 Å². The molecule has 2 rings (SSSR count). The van der Waals surface area contributed by atoms with E-state index in [1.54, 1.807) is 6.07 Å². The number of rotatable bonds is 6. The fourth-order valence-corrected chi connectivity index (χ4v) is 2.95. The standard InChI is InChI=1S/C21H11F13O3/c22-16(36-12-8-6-10(7-9-12)17(35)37-11-4-2-1-3-5-11)13(14(18(23,24)25)19(26,27)28)15(20(29,30)31)21(32,33)34/h1-9,14-15H. The summed E-state index contributed by atoms with van der Waals surface area (Å²) in [5, 5.41) is 0. The average molecular weight is 558 g/mol. The molecule has 0 fully saturated rings. The molecule has 0 heterocycles. The number of hydrogen-bond acceptors (Lipinski definition) is 3. The molecule has 0 atom stereocenters. The van der Waals surface area contributed by atoms with Gasteiger partial charge in [0.1, 0.15) is 11.5 Å². The van der Waals surface area contributed by atoms with E-state index in [1.165, 1.54) is 24.3 Å². The normalized spacial score (nSPS) is 13.1. The van der Waals surface area contributed by atoms with Gasteiger partial charge in [0, 0.05) is 5.57 Å². The van der Waals surface area contributed by atoms with E-state index in [0.717, 1.165) is 0 Å². The minimum Gasteiger partial charge on any atom is -0.432 e. The number of esters is 1. The SMILES string of the molecule is O=C(Oc1ccccc1)c1ccc(OC(F)=C(C(C(F)(F)F)C(F)(F)F)C(C(F)(F)F)C(F)(F)F)cc1. The van der Waals surface area contributed by atoms with E-state index < -0.39 is 59.8 Å². The zero-order chi connectivity index (χ0) is 28.4. The molecule has 0 saturated heterocycles. The minimum absolute atomic E-state index is 0.0436. The lowest BCUT2D eigenvalue weighted by Gasteiger charge is -2.32. The molecular weight excluding hydrogens is 547 g/mol. The number of halogens is 13. The lowest BCUT2D eigenvalue weighted by atomic mass is 9.86. The molecule has 0 N–H and O–H groups in total. The van der Waals surface area contributed by atoms with E-state index in [-0.39, 0.29) is 11.3 Å². The number of alkyl halides is 12. The molecule has 204 valence electrons. The second-order valence-electron chi connectivity index (χ2n) is 7.09. The molecule has 2 aromatic carbocycles. The van der Waals surface area contributed by atoms with Crippen LogP contribution >= 0.6 is 0 Å². The first kappa shape index (κ1) is 29.8. The Balaban J connectivity index is 2.54. The maximum absolute atomic E-state index is 14.5. The smallest absolute Gasteiger partial charge is 0.404 e. The van der Waals surface area contributed by atoms with Gasteiger partial charge in [-0.15, -0.1) is 0 Å². The fraction of sp³-hybridized carbons (Fsp3) is 0.286. The number of carbonyl (C=O) groups excluding carboxylic acids is 1. The van der Waals surface area contributed by atoms with Crippen LogP contribution in [0.25, 0.3) is 0 Å². The molecule has 0 unspecified atom stereocenters. The molecule has 0 aromatic heterocycles. The van der Waals surface area contributed by atoms with Crippen LogP contribution < -0.4 is 9.47 Å². The lowest BCUT2D eigenvalue weighted by Crippen LogP contribution is -2.47. The second-order valence-corrected chi connectivity index (χ2v) is 7.09. The highest BCUT2D eigenvalue weighted by Crippen LogP contribution is 2.54. The number of carbonyl (C=O) groups is 1. The van der Waals surface area contributed by atoms with Crippen molar-refractivity contribution in [2.75, 3.05) is 0 Å². The molecule has 0 spiro atoms. The molecule has 0 radical (unpaired) electrons. The third kappa shape index (κ3) is 7.76. The van der Waals surface area contributed by atoms with E-state index in [2.05, 4.69) is 4.74 Å². The highest BCUT2D eigenvalue weighted by atomic mass is 19.4. The largest absolute Gasteiger partial charge is 0.432 e. The molecule has 0 aliphatic carbocycles. The van der Waals surface area contributed by atoms with Crippen LogP contribution in [0.15, 0.2) is 66.2 Å². The molecule has 0 amide bonds. The van der Waals surface area contributed by atoms with Crippen LogP contribution in [0.4, 0.5) is 57.1 Å². The molecule has 0 aliphatic heterocycles. The van der Waals surface area contributed by atoms with Gasteiger partial charge in [0.15, 0.2) is 11.8 Å². The Labute approximate surface area is 198 Å². The number of allylic oxidation sites excluding steroid dienone is 1. The topological polar surface area (TPSA) is 35.5 Å². The fourth-order valence-electron chi connectivity index (χ4n) is 2.95. The first-order chi connectivity index (χ1) is 16.7. The molecule has 3 nitrogen and oxygen atoms in total. The van der Waals surface area contributed by atoms with Crippen LogP contribution in [0, 0.1) is 11.8 Å². The molecule has 37 heavy (non-hydrogen) atoms. The van der Waals surface area contributed by atoms with Crippen molar-refractivity contribution in [3.05, 3.63) is 71.7 Å². The van der Waals surface area contributed by atoms with E-state index in [1.807, 2.05) is 0 Å². The average Bonchev–Trinajstić information content (AvgIpc) is 2.70. The zero-order valence-electron chi connectivity index (χ0n) is 17.5. The van der Waals surface area contributed by atoms with Gasteiger partial charge in [-0.05, 0) is 36.4 Å². The van der Waals surface area contributed by atoms with Crippen LogP contribution in [0.5, 0.6) is 11.5 Å². The summed E-state index contributed by atoms with van der Waals surface area (Å²) in [6.45, 7) is 0. The number of hydrogen-bond donors (Lipinski definition) is 0. The van der Waals surface area contributed by atoms with E-state index in [4.69, 9.17) is 4.74 Å². The predicted molar refractivity (Wildman–Crippen MR) is 97.8 cm³/mol. The van der Waals surface area contributed by atoms with Crippen molar-refractivity contribution in [2.24, 2.45) is 11.8 Å². The summed E-state index contributed by atoms with van der Waals surface area (Å²) in [6.07, 6.45) is -27.3. The summed E-state index contributed by atoms with van der Waals surface area (Å²) in [5.74, 6) is -13.2. The minimum atomic E-state index is -6.83. The third-order valence-electron chi connectivity index (χ3n) is 4.41. The predicted octanol–water partition coefficient (Wildman–Crippen LogP) is 7.95. The van der Waals surface area contributed by atoms with Gasteiger partial charge in [-0.1, -0.05) is 18.2 Å². The van der Waals surface area contributed by atoms with Crippen molar-refractivity contribution in [2.45, 2.75) is 24.7 Å². The molecule has 0 aliphatic rings. The zero-order valence-corrected chi connectivity index (χ0v) is 17.5. The molecule has 2 aromatic rings. The molecule has 0 bridgehead atoms. The summed E-state index contributed by atoms with van der Waals surface area (Å²) >= 11 is 0. The van der Waals surface area contributed by atoms with Gasteiger partial charge in [-0.25, -0.2) is 4.79 Å². The number of ether oxygens (including phenoxy) is 2.